The van der Waals surface area contributed by atoms with Gasteiger partial charge in [0.2, 0.25) is 0 Å². The third-order valence-corrected chi connectivity index (χ3v) is 6.02. The van der Waals surface area contributed by atoms with Gasteiger partial charge in [0.15, 0.2) is 5.82 Å². The lowest BCUT2D eigenvalue weighted by molar-refractivity contribution is 0.162. The summed E-state index contributed by atoms with van der Waals surface area (Å²) in [6, 6.07) is 12.3. The number of carbonyl (C=O) groups is 1. The van der Waals surface area contributed by atoms with Crippen LogP contribution in [-0.2, 0) is 0 Å². The molecule has 0 spiro atoms. The minimum absolute atomic E-state index is 0.320. The molecule has 9 heteroatoms. The number of rotatable bonds is 4. The van der Waals surface area contributed by atoms with Gasteiger partial charge in [0.1, 0.15) is 0 Å². The third kappa shape index (κ3) is 4.99. The van der Waals surface area contributed by atoms with Crippen molar-refractivity contribution < 1.29 is 4.79 Å². The molecule has 1 fully saturated rings. The lowest BCUT2D eigenvalue weighted by Gasteiger charge is -2.26. The molecule has 2 N–H and O–H groups in total. The summed E-state index contributed by atoms with van der Waals surface area (Å²) in [5.41, 5.74) is 6.06. The van der Waals surface area contributed by atoms with E-state index < -0.39 is 0 Å². The number of nitrogens with zero attached hydrogens (tertiary/aromatic N) is 3. The predicted molar refractivity (Wildman–Crippen MR) is 126 cm³/mol. The summed E-state index contributed by atoms with van der Waals surface area (Å²) in [7, 11) is 0. The monoisotopic (exact) mass is 477 g/mol. The molecule has 1 aliphatic heterocycles. The smallest absolute Gasteiger partial charge is 0.290 e. The molecule has 0 atom stereocenters. The van der Waals surface area contributed by atoms with Crippen molar-refractivity contribution in [1.82, 2.24) is 20.2 Å². The molecule has 1 aromatic heterocycles. The molecule has 31 heavy (non-hydrogen) atoms. The molecule has 2 heterocycles. The van der Waals surface area contributed by atoms with Crippen molar-refractivity contribution in [2.45, 2.75) is 26.2 Å². The summed E-state index contributed by atoms with van der Waals surface area (Å²) >= 11 is 18.6. The van der Waals surface area contributed by atoms with Crippen LogP contribution in [0.1, 0.15) is 24.8 Å². The number of carbonyl (C=O) groups excluding carboxylic acids is 1. The number of hydrogen-bond acceptors (Lipinski definition) is 3. The molecule has 2 aromatic carbocycles. The highest BCUT2D eigenvalue weighted by Crippen LogP contribution is 2.34. The maximum atomic E-state index is 12.6. The number of nitrogens with one attached hydrogen (secondary N) is 2. The molecule has 3 aromatic rings. The van der Waals surface area contributed by atoms with Crippen molar-refractivity contribution in [2.24, 2.45) is 0 Å². The van der Waals surface area contributed by atoms with Crippen molar-refractivity contribution in [3.8, 4) is 16.9 Å². The fraction of sp³-hybridized carbons (Fsp3) is 0.273. The first-order valence-corrected chi connectivity index (χ1v) is 11.2. The topological polar surface area (TPSA) is 62.2 Å². The van der Waals surface area contributed by atoms with E-state index >= 15 is 0 Å². The Balaban J connectivity index is 1.71. The van der Waals surface area contributed by atoms with Gasteiger partial charge >= 0.3 is 6.03 Å². The largest absolute Gasteiger partial charge is 0.334 e. The van der Waals surface area contributed by atoms with E-state index in [4.69, 9.17) is 34.8 Å². The quantitative estimate of drug-likeness (QED) is 0.460. The Morgan fingerprint density at radius 3 is 2.32 bits per heavy atom. The van der Waals surface area contributed by atoms with Gasteiger partial charge in [-0.3, -0.25) is 10.7 Å². The van der Waals surface area contributed by atoms with Gasteiger partial charge in [0, 0.05) is 34.3 Å². The standard InChI is InChI=1S/C22H22Cl3N5O/c1-14-20(15-5-7-16(23)8-6-15)30(19-10-9-17(24)13-18(19)25)27-21(14)26-22(31)28-29-11-3-2-4-12-29/h5-10,13H,2-4,11-12H2,1H3,(H2,26,27,28,31). The highest BCUT2D eigenvalue weighted by molar-refractivity contribution is 6.35. The summed E-state index contributed by atoms with van der Waals surface area (Å²) in [5, 5.41) is 11.1. The minimum Gasteiger partial charge on any atom is -0.290 e. The number of anilines is 1. The highest BCUT2D eigenvalue weighted by Gasteiger charge is 2.21. The van der Waals surface area contributed by atoms with Crippen LogP contribution in [0.2, 0.25) is 15.1 Å². The van der Waals surface area contributed by atoms with E-state index in [0.29, 0.717) is 26.6 Å². The Bertz CT molecular complexity index is 1090. The van der Waals surface area contributed by atoms with E-state index in [1.54, 1.807) is 22.9 Å². The summed E-state index contributed by atoms with van der Waals surface area (Å²) in [4.78, 5) is 12.6. The van der Waals surface area contributed by atoms with Gasteiger partial charge in [-0.05, 0) is 50.1 Å². The molecule has 0 unspecified atom stereocenters. The molecule has 0 radical (unpaired) electrons. The summed E-state index contributed by atoms with van der Waals surface area (Å²) < 4.78 is 1.72. The van der Waals surface area contributed by atoms with Crippen LogP contribution in [0.25, 0.3) is 16.9 Å². The van der Waals surface area contributed by atoms with Crippen molar-refractivity contribution in [3.05, 3.63) is 63.1 Å². The van der Waals surface area contributed by atoms with Crippen LogP contribution in [0, 0.1) is 6.92 Å². The van der Waals surface area contributed by atoms with Crippen LogP contribution < -0.4 is 10.7 Å². The molecule has 0 bridgehead atoms. The first-order chi connectivity index (χ1) is 14.9. The first-order valence-electron chi connectivity index (χ1n) is 10.1. The van der Waals surface area contributed by atoms with Crippen LogP contribution >= 0.6 is 34.8 Å². The van der Waals surface area contributed by atoms with Crippen LogP contribution in [0.15, 0.2) is 42.5 Å². The molecule has 4 rings (SSSR count). The van der Waals surface area contributed by atoms with Crippen molar-refractivity contribution in [3.63, 3.8) is 0 Å². The van der Waals surface area contributed by atoms with E-state index in [2.05, 4.69) is 15.8 Å². The number of aromatic nitrogens is 2. The Labute approximate surface area is 196 Å². The Hall–Kier alpha value is -2.25. The van der Waals surface area contributed by atoms with Gasteiger partial charge in [0.05, 0.1) is 16.4 Å². The van der Waals surface area contributed by atoms with Crippen LogP contribution in [0.3, 0.4) is 0 Å². The molecule has 0 saturated carbocycles. The number of urea groups is 1. The number of halogens is 3. The first kappa shape index (κ1) is 22.0. The van der Waals surface area contributed by atoms with Crippen molar-refractivity contribution >= 4 is 46.7 Å². The maximum absolute atomic E-state index is 12.6. The Morgan fingerprint density at radius 2 is 1.65 bits per heavy atom. The fourth-order valence-corrected chi connectivity index (χ4v) is 4.29. The zero-order chi connectivity index (χ0) is 22.0. The second-order valence-electron chi connectivity index (χ2n) is 7.45. The second kappa shape index (κ2) is 9.49. The van der Waals surface area contributed by atoms with Crippen molar-refractivity contribution in [2.75, 3.05) is 18.4 Å². The molecule has 2 amide bonds. The lowest BCUT2D eigenvalue weighted by Crippen LogP contribution is -2.46. The van der Waals surface area contributed by atoms with Crippen LogP contribution in [-0.4, -0.2) is 33.9 Å². The number of hydrogen-bond donors (Lipinski definition) is 2. The van der Waals surface area contributed by atoms with Gasteiger partial charge < -0.3 is 0 Å². The van der Waals surface area contributed by atoms with Gasteiger partial charge in [-0.1, -0.05) is 53.4 Å². The normalized spacial score (nSPS) is 14.5. The average Bonchev–Trinajstić information content (AvgIpc) is 3.05. The molecule has 162 valence electrons. The number of piperidine rings is 1. The molecule has 1 saturated heterocycles. The van der Waals surface area contributed by atoms with Crippen LogP contribution in [0.5, 0.6) is 0 Å². The zero-order valence-corrected chi connectivity index (χ0v) is 19.2. The minimum atomic E-state index is -0.320. The van der Waals surface area contributed by atoms with Gasteiger partial charge in [-0.15, -0.1) is 5.10 Å². The van der Waals surface area contributed by atoms with E-state index in [1.165, 1.54) is 6.42 Å². The predicted octanol–water partition coefficient (Wildman–Crippen LogP) is 6.33. The molecule has 1 aliphatic rings. The summed E-state index contributed by atoms with van der Waals surface area (Å²) in [5.74, 6) is 0.450. The van der Waals surface area contributed by atoms with E-state index in [-0.39, 0.29) is 6.03 Å². The summed E-state index contributed by atoms with van der Waals surface area (Å²) in [6.07, 6.45) is 3.34. The van der Waals surface area contributed by atoms with Gasteiger partial charge in [0.25, 0.3) is 0 Å². The van der Waals surface area contributed by atoms with Gasteiger partial charge in [-0.25, -0.2) is 14.5 Å². The highest BCUT2D eigenvalue weighted by atomic mass is 35.5. The number of benzene rings is 2. The third-order valence-electron chi connectivity index (χ3n) is 5.23. The molecular weight excluding hydrogens is 457 g/mol. The average molecular weight is 479 g/mol. The van der Waals surface area contributed by atoms with Gasteiger partial charge in [-0.2, -0.15) is 0 Å². The molecule has 0 aliphatic carbocycles. The zero-order valence-electron chi connectivity index (χ0n) is 17.0. The number of hydrazine groups is 1. The van der Waals surface area contributed by atoms with E-state index in [1.807, 2.05) is 36.2 Å². The Kier molecular flexibility index (Phi) is 6.72. The molecular formula is C22H22Cl3N5O. The summed E-state index contributed by atoms with van der Waals surface area (Å²) in [6.45, 7) is 3.60. The van der Waals surface area contributed by atoms with E-state index in [0.717, 1.165) is 42.8 Å². The Morgan fingerprint density at radius 1 is 0.968 bits per heavy atom. The fourth-order valence-electron chi connectivity index (χ4n) is 3.67. The van der Waals surface area contributed by atoms with Crippen LogP contribution in [0.4, 0.5) is 10.6 Å². The lowest BCUT2D eigenvalue weighted by atomic mass is 10.1. The maximum Gasteiger partial charge on any atom is 0.334 e. The molecule has 6 nitrogen and oxygen atoms in total. The van der Waals surface area contributed by atoms with E-state index in [9.17, 15) is 4.79 Å². The van der Waals surface area contributed by atoms with Crippen molar-refractivity contribution in [1.29, 1.82) is 0 Å². The SMILES string of the molecule is Cc1c(NC(=O)NN2CCCCC2)nn(-c2ccc(Cl)cc2Cl)c1-c1ccc(Cl)cc1. The second-order valence-corrected chi connectivity index (χ2v) is 8.73. The number of amides is 2.